The molecule has 2 N–H and O–H groups in total. The van der Waals surface area contributed by atoms with E-state index in [1.807, 2.05) is 32.0 Å². The number of nitrogens with two attached hydrogens (primary N) is 1. The Morgan fingerprint density at radius 2 is 1.90 bits per heavy atom. The number of hydrogen-bond acceptors (Lipinski definition) is 3. The molecule has 0 aliphatic carbocycles. The summed E-state index contributed by atoms with van der Waals surface area (Å²) in [6.07, 6.45) is 0. The second kappa shape index (κ2) is 5.87. The number of hydrogen-bond donors (Lipinski definition) is 1. The van der Waals surface area contributed by atoms with Crippen molar-refractivity contribution in [3.63, 3.8) is 0 Å². The van der Waals surface area contributed by atoms with Gasteiger partial charge in [0.2, 0.25) is 0 Å². The van der Waals surface area contributed by atoms with Crippen molar-refractivity contribution in [1.82, 2.24) is 0 Å². The molecule has 0 spiro atoms. The molecule has 0 saturated carbocycles. The number of rotatable bonds is 3. The van der Waals surface area contributed by atoms with Crippen LogP contribution in [0, 0.1) is 13.8 Å². The normalized spacial score (nSPS) is 10.3. The van der Waals surface area contributed by atoms with Gasteiger partial charge in [0, 0.05) is 18.4 Å². The van der Waals surface area contributed by atoms with Crippen LogP contribution in [0.2, 0.25) is 0 Å². The minimum absolute atomic E-state index is 0.183. The number of carbonyl (C=O) groups is 1. The van der Waals surface area contributed by atoms with Crippen LogP contribution >= 0.6 is 0 Å². The molecule has 4 heteroatoms. The second-order valence-electron chi connectivity index (χ2n) is 5.08. The zero-order valence-electron chi connectivity index (χ0n) is 12.8. The highest BCUT2D eigenvalue weighted by atomic mass is 16.5. The van der Waals surface area contributed by atoms with Gasteiger partial charge in [-0.2, -0.15) is 0 Å². The van der Waals surface area contributed by atoms with E-state index in [4.69, 9.17) is 10.5 Å². The van der Waals surface area contributed by atoms with Crippen LogP contribution in [0.5, 0.6) is 5.75 Å². The van der Waals surface area contributed by atoms with E-state index >= 15 is 0 Å². The van der Waals surface area contributed by atoms with Crippen LogP contribution in [-0.2, 0) is 0 Å². The van der Waals surface area contributed by atoms with Crippen LogP contribution in [0.25, 0.3) is 0 Å². The average Bonchev–Trinajstić information content (AvgIpc) is 2.45. The minimum Gasteiger partial charge on any atom is -0.496 e. The summed E-state index contributed by atoms with van der Waals surface area (Å²) in [6, 6.07) is 11.2. The lowest BCUT2D eigenvalue weighted by atomic mass is 10.1. The molecular formula is C17H20N2O2. The molecule has 0 aromatic heterocycles. The maximum Gasteiger partial charge on any atom is 0.263 e. The number of methoxy groups -OCH3 is 1. The van der Waals surface area contributed by atoms with Crippen molar-refractivity contribution in [1.29, 1.82) is 0 Å². The van der Waals surface area contributed by atoms with Crippen molar-refractivity contribution in [2.75, 3.05) is 24.8 Å². The molecule has 0 fully saturated rings. The fraction of sp³-hybridized carbons (Fsp3) is 0.235. The summed E-state index contributed by atoms with van der Waals surface area (Å²) < 4.78 is 5.26. The fourth-order valence-corrected chi connectivity index (χ4v) is 2.41. The van der Waals surface area contributed by atoms with E-state index in [-0.39, 0.29) is 5.91 Å². The number of ether oxygens (including phenoxy) is 1. The number of nitrogens with zero attached hydrogens (tertiary/aromatic N) is 1. The molecule has 110 valence electrons. The largest absolute Gasteiger partial charge is 0.496 e. The van der Waals surface area contributed by atoms with Crippen LogP contribution < -0.4 is 15.4 Å². The Bertz CT molecular complexity index is 680. The van der Waals surface area contributed by atoms with E-state index in [9.17, 15) is 4.79 Å². The van der Waals surface area contributed by atoms with Crippen LogP contribution in [0.1, 0.15) is 21.5 Å². The van der Waals surface area contributed by atoms with Crippen molar-refractivity contribution < 1.29 is 9.53 Å². The molecule has 1 amide bonds. The van der Waals surface area contributed by atoms with Gasteiger partial charge >= 0.3 is 0 Å². The standard InChI is InChI=1S/C17H20N2O2/c1-11-8-9-14(12(2)10-11)19(3)17(20)16-13(18)6-5-7-15(16)21-4/h5-10H,18H2,1-4H3. The van der Waals surface area contributed by atoms with Crippen molar-refractivity contribution in [2.45, 2.75) is 13.8 Å². The lowest BCUT2D eigenvalue weighted by Gasteiger charge is -2.22. The van der Waals surface area contributed by atoms with E-state index in [1.54, 1.807) is 30.1 Å². The van der Waals surface area contributed by atoms with Gasteiger partial charge < -0.3 is 15.4 Å². The quantitative estimate of drug-likeness (QED) is 0.881. The van der Waals surface area contributed by atoms with E-state index in [2.05, 4.69) is 0 Å². The van der Waals surface area contributed by atoms with Gasteiger partial charge in [-0.25, -0.2) is 0 Å². The molecule has 0 unspecified atom stereocenters. The number of benzene rings is 2. The van der Waals surface area contributed by atoms with E-state index < -0.39 is 0 Å². The Balaban J connectivity index is 2.44. The zero-order valence-corrected chi connectivity index (χ0v) is 12.8. The van der Waals surface area contributed by atoms with Gasteiger partial charge in [-0.05, 0) is 37.6 Å². The predicted molar refractivity (Wildman–Crippen MR) is 86.1 cm³/mol. The SMILES string of the molecule is COc1cccc(N)c1C(=O)N(C)c1ccc(C)cc1C. The van der Waals surface area contributed by atoms with Crippen LogP contribution in [0.3, 0.4) is 0 Å². The van der Waals surface area contributed by atoms with Gasteiger partial charge in [0.25, 0.3) is 5.91 Å². The van der Waals surface area contributed by atoms with E-state index in [1.165, 1.54) is 7.11 Å². The number of nitrogen functional groups attached to an aromatic ring is 1. The van der Waals surface area contributed by atoms with E-state index in [0.717, 1.165) is 16.8 Å². The fourth-order valence-electron chi connectivity index (χ4n) is 2.41. The zero-order chi connectivity index (χ0) is 15.6. The number of aryl methyl sites for hydroxylation is 2. The van der Waals surface area contributed by atoms with Crippen molar-refractivity contribution >= 4 is 17.3 Å². The minimum atomic E-state index is -0.183. The molecule has 21 heavy (non-hydrogen) atoms. The second-order valence-corrected chi connectivity index (χ2v) is 5.08. The summed E-state index contributed by atoms with van der Waals surface area (Å²) in [5.74, 6) is 0.300. The van der Waals surface area contributed by atoms with Gasteiger partial charge in [-0.1, -0.05) is 23.8 Å². The maximum atomic E-state index is 12.7. The molecule has 0 saturated heterocycles. The van der Waals surface area contributed by atoms with Gasteiger partial charge in [0.05, 0.1) is 7.11 Å². The first-order valence-electron chi connectivity index (χ1n) is 6.73. The summed E-state index contributed by atoms with van der Waals surface area (Å²) >= 11 is 0. The summed E-state index contributed by atoms with van der Waals surface area (Å²) in [5, 5.41) is 0. The number of amides is 1. The smallest absolute Gasteiger partial charge is 0.263 e. The van der Waals surface area contributed by atoms with Gasteiger partial charge in [0.1, 0.15) is 11.3 Å². The average molecular weight is 284 g/mol. The summed E-state index contributed by atoms with van der Waals surface area (Å²) in [6.45, 7) is 4.01. The highest BCUT2D eigenvalue weighted by Crippen LogP contribution is 2.28. The Labute approximate surface area is 125 Å². The Morgan fingerprint density at radius 1 is 1.19 bits per heavy atom. The molecule has 4 nitrogen and oxygen atoms in total. The van der Waals surface area contributed by atoms with Crippen molar-refractivity contribution in [3.8, 4) is 5.75 Å². The molecular weight excluding hydrogens is 264 g/mol. The maximum absolute atomic E-state index is 12.7. The third-order valence-electron chi connectivity index (χ3n) is 3.51. The Morgan fingerprint density at radius 3 is 2.52 bits per heavy atom. The van der Waals surface area contributed by atoms with Gasteiger partial charge in [-0.15, -0.1) is 0 Å². The Kier molecular flexibility index (Phi) is 4.17. The van der Waals surface area contributed by atoms with Crippen LogP contribution in [0.15, 0.2) is 36.4 Å². The number of anilines is 2. The highest BCUT2D eigenvalue weighted by molar-refractivity contribution is 6.11. The summed E-state index contributed by atoms with van der Waals surface area (Å²) in [5.41, 5.74) is 9.81. The first kappa shape index (κ1) is 14.9. The molecule has 0 bridgehead atoms. The van der Waals surface area contributed by atoms with Gasteiger partial charge in [0.15, 0.2) is 0 Å². The van der Waals surface area contributed by atoms with Crippen LogP contribution in [-0.4, -0.2) is 20.1 Å². The van der Waals surface area contributed by atoms with Crippen LogP contribution in [0.4, 0.5) is 11.4 Å². The van der Waals surface area contributed by atoms with Crippen molar-refractivity contribution in [3.05, 3.63) is 53.1 Å². The Hall–Kier alpha value is -2.49. The molecule has 0 radical (unpaired) electrons. The molecule has 2 aromatic carbocycles. The predicted octanol–water partition coefficient (Wildman–Crippen LogP) is 3.17. The van der Waals surface area contributed by atoms with Crippen molar-refractivity contribution in [2.24, 2.45) is 0 Å². The van der Waals surface area contributed by atoms with E-state index in [0.29, 0.717) is 17.0 Å². The summed E-state index contributed by atoms with van der Waals surface area (Å²) in [7, 11) is 3.27. The molecule has 2 rings (SSSR count). The highest BCUT2D eigenvalue weighted by Gasteiger charge is 2.21. The third kappa shape index (κ3) is 2.84. The molecule has 0 heterocycles. The molecule has 0 aliphatic heterocycles. The third-order valence-corrected chi connectivity index (χ3v) is 3.51. The van der Waals surface area contributed by atoms with Gasteiger partial charge in [-0.3, -0.25) is 4.79 Å². The monoisotopic (exact) mass is 284 g/mol. The molecule has 2 aromatic rings. The molecule has 0 aliphatic rings. The summed E-state index contributed by atoms with van der Waals surface area (Å²) in [4.78, 5) is 14.3. The lowest BCUT2D eigenvalue weighted by molar-refractivity contribution is 0.0991. The first-order chi connectivity index (χ1) is 9.95. The molecule has 0 atom stereocenters. The first-order valence-corrected chi connectivity index (χ1v) is 6.73. The number of carbonyl (C=O) groups excluding carboxylic acids is 1. The topological polar surface area (TPSA) is 55.6 Å². The lowest BCUT2D eigenvalue weighted by Crippen LogP contribution is -2.28.